The maximum atomic E-state index is 13.5. The summed E-state index contributed by atoms with van der Waals surface area (Å²) in [6, 6.07) is 9.55. The van der Waals surface area contributed by atoms with E-state index in [1.54, 1.807) is 39.0 Å². The Balaban J connectivity index is 1.06. The van der Waals surface area contributed by atoms with Crippen LogP contribution in [0.1, 0.15) is 85.7 Å². The summed E-state index contributed by atoms with van der Waals surface area (Å²) in [6.45, 7) is 2.62. The number of carbonyl (C=O) groups excluding carboxylic acids is 3. The van der Waals surface area contributed by atoms with Gasteiger partial charge in [-0.15, -0.1) is 0 Å². The van der Waals surface area contributed by atoms with E-state index in [4.69, 9.17) is 17.0 Å². The minimum absolute atomic E-state index is 0.0265. The summed E-state index contributed by atoms with van der Waals surface area (Å²) < 4.78 is 68.7. The third-order valence-corrected chi connectivity index (χ3v) is 17.8. The molecule has 30 nitrogen and oxygen atoms in total. The molecule has 1 fully saturated rings. The number of carboxylic acid groups (broad SMARTS) is 5. The molecule has 0 bridgehead atoms. The molecule has 2 aliphatic heterocycles. The molecule has 0 radical (unpaired) electrons. The van der Waals surface area contributed by atoms with E-state index in [0.29, 0.717) is 36.9 Å². The van der Waals surface area contributed by atoms with Crippen molar-refractivity contribution in [2.45, 2.75) is 114 Å². The molecule has 1 aromatic heterocycles. The highest BCUT2D eigenvalue weighted by atomic mass is 32.2. The molecular formula is C58H83N11O19S3. The van der Waals surface area contributed by atoms with Crippen LogP contribution in [0.5, 0.6) is 5.75 Å². The summed E-state index contributed by atoms with van der Waals surface area (Å²) in [4.78, 5) is 108. The zero-order valence-corrected chi connectivity index (χ0v) is 53.3. The van der Waals surface area contributed by atoms with Gasteiger partial charge in [0, 0.05) is 82.5 Å². The Morgan fingerprint density at radius 3 is 2.04 bits per heavy atom. The Labute approximate surface area is 533 Å². The standard InChI is InChI=1S/C58H83N11O19S3/c1-37-27-45(28-38(2)54(37)91(86,87)66-46(57(81)82)31-62-49(71)9-4-3-8-42-16-13-41-7-5-19-60-55(41)63-42)88-26-6-10-48(70)59-20-21-61-56(80)47(36-90(83,84)85)65-58(89)64-43-14-11-39(12-15-43)29-44-32-68(34-52(76)77)25-24-67(33-51(74)75)22-17-40(30-50(72)73)18-23-69(44)35-53(78)79/h11-16,27-28,40,44,46-47,66H,3-10,17-26,29-36H2,1-2H3,(H,59,70)(H,60,63)(H,61,80)(H,62,71)(H,72,73)(H,74,75)(H,76,77)(H,78,79)(H,81,82)(H2,64,65,89)(H,83,84,85)/t40?,44?,46-,47-/m0/s1. The first-order valence-electron chi connectivity index (χ1n) is 29.7. The van der Waals surface area contributed by atoms with Crippen LogP contribution in [0.4, 0.5) is 11.5 Å². The topological polar surface area (TPSA) is 442 Å². The van der Waals surface area contributed by atoms with Crippen molar-refractivity contribution in [1.29, 1.82) is 0 Å². The van der Waals surface area contributed by atoms with Gasteiger partial charge in [-0.3, -0.25) is 57.6 Å². The van der Waals surface area contributed by atoms with Crippen LogP contribution < -0.4 is 41.4 Å². The maximum Gasteiger partial charge on any atom is 0.323 e. The molecule has 0 saturated carbocycles. The van der Waals surface area contributed by atoms with Gasteiger partial charge in [-0.05, 0) is 155 Å². The van der Waals surface area contributed by atoms with Gasteiger partial charge in [-0.2, -0.15) is 13.1 Å². The van der Waals surface area contributed by atoms with E-state index in [-0.39, 0.29) is 124 Å². The van der Waals surface area contributed by atoms with E-state index in [1.165, 1.54) is 31.5 Å². The maximum absolute atomic E-state index is 13.5. The molecule has 5 rings (SSSR count). The second-order valence-corrected chi connectivity index (χ2v) is 26.1. The Kier molecular flexibility index (Phi) is 29.6. The van der Waals surface area contributed by atoms with Crippen LogP contribution in [0.3, 0.4) is 0 Å². The summed E-state index contributed by atoms with van der Waals surface area (Å²) in [7, 11) is -9.17. The number of nitrogens with zero attached hydrogens (tertiary/aromatic N) is 4. The summed E-state index contributed by atoms with van der Waals surface area (Å²) in [6.07, 6.45) is 4.68. The number of unbranched alkanes of at least 4 members (excludes halogenated alkanes) is 1. The van der Waals surface area contributed by atoms with Gasteiger partial charge < -0.3 is 62.2 Å². The van der Waals surface area contributed by atoms with Crippen molar-refractivity contribution in [2.75, 3.05) is 102 Å². The van der Waals surface area contributed by atoms with E-state index in [9.17, 15) is 85.3 Å². The molecule has 2 unspecified atom stereocenters. The number of sulfonamides is 1. The highest BCUT2D eigenvalue weighted by molar-refractivity contribution is 7.89. The number of amides is 3. The van der Waals surface area contributed by atoms with Gasteiger partial charge in [0.15, 0.2) is 5.11 Å². The first-order chi connectivity index (χ1) is 43.0. The first-order valence-corrected chi connectivity index (χ1v) is 33.2. The van der Waals surface area contributed by atoms with Crippen LogP contribution in [0, 0.1) is 19.8 Å². The van der Waals surface area contributed by atoms with E-state index in [1.807, 2.05) is 6.07 Å². The number of pyridine rings is 1. The predicted octanol–water partition coefficient (Wildman–Crippen LogP) is 0.907. The number of aromatic nitrogens is 1. The van der Waals surface area contributed by atoms with E-state index in [0.717, 1.165) is 30.9 Å². The van der Waals surface area contributed by atoms with Crippen molar-refractivity contribution in [3.05, 3.63) is 76.5 Å². The average Bonchev–Trinajstić information content (AvgIpc) is 0.968. The van der Waals surface area contributed by atoms with Crippen molar-refractivity contribution in [3.63, 3.8) is 0 Å². The molecule has 2 aromatic carbocycles. The van der Waals surface area contributed by atoms with Crippen LogP contribution >= 0.6 is 12.2 Å². The lowest BCUT2D eigenvalue weighted by Gasteiger charge is -2.37. The van der Waals surface area contributed by atoms with Gasteiger partial charge in [-0.25, -0.2) is 13.4 Å². The third kappa shape index (κ3) is 27.4. The number of carboxylic acids is 5. The SMILES string of the molecule is Cc1cc(OCCCC(=O)NCCNC(=O)[C@H](CS(=O)(=O)O)NC(=S)Nc2ccc(CC3CN(CC(=O)O)CCN(CC(=O)O)CCC(CC(=O)O)CCN3CC(=O)O)cc2)cc(C)c1S(=O)(=O)N[C@@H](CNC(=O)CCCCc1ccc2c(n1)NCCC2)C(=O)O. The number of benzene rings is 2. The minimum atomic E-state index is -4.76. The molecule has 0 aliphatic carbocycles. The Bertz CT molecular complexity index is 3250. The summed E-state index contributed by atoms with van der Waals surface area (Å²) in [5.41, 5.74) is 3.58. The Morgan fingerprint density at radius 2 is 1.38 bits per heavy atom. The third-order valence-electron chi connectivity index (χ3n) is 15.0. The Hall–Kier alpha value is -7.66. The molecule has 3 heterocycles. The normalized spacial score (nSPS) is 16.8. The smallest absolute Gasteiger partial charge is 0.323 e. The van der Waals surface area contributed by atoms with Crippen LogP contribution in [-0.4, -0.2) is 228 Å². The lowest BCUT2D eigenvalue weighted by molar-refractivity contribution is -0.141. The molecule has 13 N–H and O–H groups in total. The predicted molar refractivity (Wildman–Crippen MR) is 336 cm³/mol. The van der Waals surface area contributed by atoms with Crippen molar-refractivity contribution in [3.8, 4) is 5.75 Å². The number of aryl methyl sites for hydroxylation is 4. The van der Waals surface area contributed by atoms with Gasteiger partial charge in [-0.1, -0.05) is 18.2 Å². The second kappa shape index (κ2) is 36.4. The van der Waals surface area contributed by atoms with Crippen molar-refractivity contribution >= 4 is 96.5 Å². The van der Waals surface area contributed by atoms with E-state index in [2.05, 4.69) is 47.7 Å². The molecule has 3 amide bonds. The van der Waals surface area contributed by atoms with Crippen LogP contribution in [0.15, 0.2) is 53.4 Å². The molecule has 3 aromatic rings. The van der Waals surface area contributed by atoms with E-state index >= 15 is 0 Å². The second-order valence-electron chi connectivity index (χ2n) is 22.5. The molecule has 502 valence electrons. The zero-order valence-electron chi connectivity index (χ0n) is 50.8. The molecule has 91 heavy (non-hydrogen) atoms. The number of carbonyl (C=O) groups is 8. The van der Waals surface area contributed by atoms with Gasteiger partial charge in [0.05, 0.1) is 31.1 Å². The zero-order chi connectivity index (χ0) is 66.8. The van der Waals surface area contributed by atoms with Gasteiger partial charge in [0.25, 0.3) is 10.1 Å². The van der Waals surface area contributed by atoms with Crippen LogP contribution in [0.2, 0.25) is 0 Å². The molecule has 33 heteroatoms. The first kappa shape index (κ1) is 74.1. The number of hydrogen-bond donors (Lipinski definition) is 13. The molecule has 4 atom stereocenters. The molecule has 2 aliphatic rings. The van der Waals surface area contributed by atoms with Gasteiger partial charge in [0.2, 0.25) is 27.7 Å². The number of hydrogen-bond acceptors (Lipinski definition) is 19. The molecular weight excluding hydrogens is 1250 g/mol. The molecule has 1 saturated heterocycles. The number of anilines is 2. The van der Waals surface area contributed by atoms with Crippen LogP contribution in [0.25, 0.3) is 0 Å². The van der Waals surface area contributed by atoms with E-state index < -0.39 is 117 Å². The number of thiocarbonyl (C=S) groups is 1. The quantitative estimate of drug-likeness (QED) is 0.0224. The number of nitrogens with one attached hydrogen (secondary N) is 7. The summed E-state index contributed by atoms with van der Waals surface area (Å²) >= 11 is 5.38. The van der Waals surface area contributed by atoms with Crippen LogP contribution in [-0.2, 0) is 77.8 Å². The average molecular weight is 1330 g/mol. The van der Waals surface area contributed by atoms with Crippen molar-refractivity contribution < 1.29 is 90.0 Å². The van der Waals surface area contributed by atoms with Gasteiger partial charge in [0.1, 0.15) is 29.4 Å². The number of aliphatic carboxylic acids is 5. The van der Waals surface area contributed by atoms with Crippen molar-refractivity contribution in [1.82, 2.24) is 45.7 Å². The number of ether oxygens (including phenoxy) is 1. The van der Waals surface area contributed by atoms with Crippen molar-refractivity contribution in [2.24, 2.45) is 5.92 Å². The fourth-order valence-corrected chi connectivity index (χ4v) is 13.2. The fourth-order valence-electron chi connectivity index (χ4n) is 10.6. The largest absolute Gasteiger partial charge is 0.494 e. The summed E-state index contributed by atoms with van der Waals surface area (Å²) in [5, 5.41) is 64.9. The Morgan fingerprint density at radius 1 is 0.747 bits per heavy atom. The monoisotopic (exact) mass is 1330 g/mol. The summed E-state index contributed by atoms with van der Waals surface area (Å²) in [5.74, 6) is -8.08. The lowest BCUT2D eigenvalue weighted by atomic mass is 9.95. The van der Waals surface area contributed by atoms with Gasteiger partial charge >= 0.3 is 29.8 Å². The fraction of sp³-hybridized carbons (Fsp3) is 0.552. The number of fused-ring (bicyclic) bond motifs is 1. The lowest BCUT2D eigenvalue weighted by Crippen LogP contribution is -2.52. The highest BCUT2D eigenvalue weighted by Crippen LogP contribution is 2.27. The number of rotatable bonds is 34. The molecule has 0 spiro atoms. The highest BCUT2D eigenvalue weighted by Gasteiger charge is 2.31. The minimum Gasteiger partial charge on any atom is -0.494 e.